The number of halogens is 1. The van der Waals surface area contributed by atoms with Crippen molar-refractivity contribution in [2.75, 3.05) is 31.1 Å². The molecular formula is C17H26ClN3O. The van der Waals surface area contributed by atoms with Gasteiger partial charge in [-0.05, 0) is 43.9 Å². The molecule has 1 atom stereocenters. The lowest BCUT2D eigenvalue weighted by molar-refractivity contribution is -0.120. The largest absolute Gasteiger partial charge is 0.329 e. The molecule has 2 heterocycles. The zero-order chi connectivity index (χ0) is 14.7. The van der Waals surface area contributed by atoms with Gasteiger partial charge in [-0.2, -0.15) is 0 Å². The Morgan fingerprint density at radius 2 is 2.00 bits per heavy atom. The average molecular weight is 324 g/mol. The Morgan fingerprint density at radius 1 is 1.18 bits per heavy atom. The Hall–Kier alpha value is -1.10. The summed E-state index contributed by atoms with van der Waals surface area (Å²) in [5.74, 6) is 0.225. The summed E-state index contributed by atoms with van der Waals surface area (Å²) in [6.45, 7) is 3.01. The van der Waals surface area contributed by atoms with E-state index in [9.17, 15) is 4.79 Å². The standard InChI is InChI=1S/C17H25N3O.ClH/c18-12-15-8-3-4-10-19(15)13-17(21)20-11-5-7-14-6-1-2-9-16(14)20;/h1-2,6,9,15H,3-5,7-8,10-13,18H2;1H. The van der Waals surface area contributed by atoms with Gasteiger partial charge in [0.05, 0.1) is 6.54 Å². The highest BCUT2D eigenvalue weighted by molar-refractivity contribution is 5.96. The molecule has 0 aromatic heterocycles. The third kappa shape index (κ3) is 3.62. The molecular weight excluding hydrogens is 298 g/mol. The molecule has 0 aliphatic carbocycles. The molecule has 0 spiro atoms. The number of hydrogen-bond acceptors (Lipinski definition) is 3. The fourth-order valence-electron chi connectivity index (χ4n) is 3.59. The second-order valence-corrected chi connectivity index (χ2v) is 6.13. The van der Waals surface area contributed by atoms with E-state index < -0.39 is 0 Å². The fourth-order valence-corrected chi connectivity index (χ4v) is 3.59. The van der Waals surface area contributed by atoms with Crippen molar-refractivity contribution in [3.8, 4) is 0 Å². The van der Waals surface area contributed by atoms with Gasteiger partial charge in [-0.1, -0.05) is 24.6 Å². The van der Waals surface area contributed by atoms with Crippen LogP contribution in [0, 0.1) is 0 Å². The summed E-state index contributed by atoms with van der Waals surface area (Å²) in [6, 6.07) is 8.67. The summed E-state index contributed by atoms with van der Waals surface area (Å²) < 4.78 is 0. The van der Waals surface area contributed by atoms with Gasteiger partial charge in [0.2, 0.25) is 5.91 Å². The number of aryl methyl sites for hydroxylation is 1. The number of nitrogens with zero attached hydrogens (tertiary/aromatic N) is 2. The Balaban J connectivity index is 0.00000176. The third-order valence-electron chi connectivity index (χ3n) is 4.77. The molecule has 0 saturated carbocycles. The van der Waals surface area contributed by atoms with E-state index in [4.69, 9.17) is 5.73 Å². The van der Waals surface area contributed by atoms with Gasteiger partial charge in [-0.25, -0.2) is 0 Å². The number of rotatable bonds is 3. The second-order valence-electron chi connectivity index (χ2n) is 6.13. The zero-order valence-electron chi connectivity index (χ0n) is 13.0. The van der Waals surface area contributed by atoms with Gasteiger partial charge in [0.1, 0.15) is 0 Å². The van der Waals surface area contributed by atoms with Crippen molar-refractivity contribution < 1.29 is 4.79 Å². The number of carbonyl (C=O) groups excluding carboxylic acids is 1. The van der Waals surface area contributed by atoms with E-state index in [2.05, 4.69) is 23.1 Å². The maximum Gasteiger partial charge on any atom is 0.241 e. The van der Waals surface area contributed by atoms with Gasteiger partial charge < -0.3 is 10.6 Å². The molecule has 5 heteroatoms. The van der Waals surface area contributed by atoms with Crippen molar-refractivity contribution in [2.45, 2.75) is 38.1 Å². The van der Waals surface area contributed by atoms with Gasteiger partial charge in [0, 0.05) is 24.8 Å². The number of para-hydroxylation sites is 1. The van der Waals surface area contributed by atoms with Crippen molar-refractivity contribution in [3.63, 3.8) is 0 Å². The molecule has 1 saturated heterocycles. The SMILES string of the molecule is Cl.NCC1CCCCN1CC(=O)N1CCCc2ccccc21. The molecule has 2 aliphatic rings. The first kappa shape index (κ1) is 17.3. The molecule has 0 radical (unpaired) electrons. The molecule has 0 bridgehead atoms. The average Bonchev–Trinajstić information content (AvgIpc) is 2.54. The molecule has 3 rings (SSSR count). The Bertz CT molecular complexity index is 508. The van der Waals surface area contributed by atoms with E-state index in [1.807, 2.05) is 11.0 Å². The van der Waals surface area contributed by atoms with Crippen LogP contribution in [0.15, 0.2) is 24.3 Å². The van der Waals surface area contributed by atoms with Gasteiger partial charge in [-0.15, -0.1) is 12.4 Å². The van der Waals surface area contributed by atoms with Crippen molar-refractivity contribution in [3.05, 3.63) is 29.8 Å². The van der Waals surface area contributed by atoms with E-state index in [-0.39, 0.29) is 18.3 Å². The summed E-state index contributed by atoms with van der Waals surface area (Å²) >= 11 is 0. The van der Waals surface area contributed by atoms with Crippen LogP contribution in [0.2, 0.25) is 0 Å². The first-order chi connectivity index (χ1) is 10.3. The zero-order valence-corrected chi connectivity index (χ0v) is 13.9. The summed E-state index contributed by atoms with van der Waals surface area (Å²) in [4.78, 5) is 17.0. The van der Waals surface area contributed by atoms with Gasteiger partial charge in [0.25, 0.3) is 0 Å². The predicted octanol–water partition coefficient (Wildman–Crippen LogP) is 2.20. The number of piperidine rings is 1. The number of hydrogen-bond donors (Lipinski definition) is 1. The number of amides is 1. The van der Waals surface area contributed by atoms with E-state index in [0.717, 1.165) is 38.0 Å². The minimum Gasteiger partial charge on any atom is -0.329 e. The summed E-state index contributed by atoms with van der Waals surface area (Å²) in [6.07, 6.45) is 5.68. The third-order valence-corrected chi connectivity index (χ3v) is 4.77. The van der Waals surface area contributed by atoms with Crippen LogP contribution in [-0.2, 0) is 11.2 Å². The maximum atomic E-state index is 12.7. The first-order valence-corrected chi connectivity index (χ1v) is 8.12. The van der Waals surface area contributed by atoms with Gasteiger partial charge >= 0.3 is 0 Å². The predicted molar refractivity (Wildman–Crippen MR) is 92.6 cm³/mol. The molecule has 2 aliphatic heterocycles. The highest BCUT2D eigenvalue weighted by Crippen LogP contribution is 2.27. The monoisotopic (exact) mass is 323 g/mol. The molecule has 1 amide bonds. The number of fused-ring (bicyclic) bond motifs is 1. The van der Waals surface area contributed by atoms with Crippen LogP contribution >= 0.6 is 12.4 Å². The second kappa shape index (κ2) is 7.95. The summed E-state index contributed by atoms with van der Waals surface area (Å²) in [5, 5.41) is 0. The lowest BCUT2D eigenvalue weighted by atomic mass is 10.0. The molecule has 1 unspecified atom stereocenters. The summed E-state index contributed by atoms with van der Waals surface area (Å²) in [7, 11) is 0. The van der Waals surface area contributed by atoms with Crippen molar-refractivity contribution in [1.82, 2.24) is 4.90 Å². The highest BCUT2D eigenvalue weighted by Gasteiger charge is 2.27. The van der Waals surface area contributed by atoms with Crippen LogP contribution in [0.4, 0.5) is 5.69 Å². The smallest absolute Gasteiger partial charge is 0.241 e. The van der Waals surface area contributed by atoms with E-state index in [0.29, 0.717) is 19.1 Å². The minimum atomic E-state index is 0. The van der Waals surface area contributed by atoms with Gasteiger partial charge in [-0.3, -0.25) is 9.69 Å². The number of nitrogens with two attached hydrogens (primary N) is 1. The molecule has 122 valence electrons. The van der Waals surface area contributed by atoms with Crippen LogP contribution in [0.1, 0.15) is 31.2 Å². The van der Waals surface area contributed by atoms with E-state index in [1.165, 1.54) is 18.4 Å². The first-order valence-electron chi connectivity index (χ1n) is 8.12. The van der Waals surface area contributed by atoms with Crippen LogP contribution in [0.25, 0.3) is 0 Å². The molecule has 2 N–H and O–H groups in total. The van der Waals surface area contributed by atoms with Crippen LogP contribution in [0.5, 0.6) is 0 Å². The Labute approximate surface area is 139 Å². The molecule has 22 heavy (non-hydrogen) atoms. The lowest BCUT2D eigenvalue weighted by Crippen LogP contribution is -2.50. The maximum absolute atomic E-state index is 12.7. The van der Waals surface area contributed by atoms with E-state index in [1.54, 1.807) is 0 Å². The molecule has 1 aromatic carbocycles. The molecule has 1 fully saturated rings. The normalized spacial score (nSPS) is 21.9. The number of carbonyl (C=O) groups is 1. The van der Waals surface area contributed by atoms with Crippen molar-refractivity contribution >= 4 is 24.0 Å². The quantitative estimate of drug-likeness (QED) is 0.927. The highest BCUT2D eigenvalue weighted by atomic mass is 35.5. The summed E-state index contributed by atoms with van der Waals surface area (Å²) in [5.41, 5.74) is 8.26. The molecule has 4 nitrogen and oxygen atoms in total. The Kier molecular flexibility index (Phi) is 6.24. The number of likely N-dealkylation sites (tertiary alicyclic amines) is 1. The van der Waals surface area contributed by atoms with E-state index >= 15 is 0 Å². The van der Waals surface area contributed by atoms with Crippen LogP contribution in [-0.4, -0.2) is 43.0 Å². The van der Waals surface area contributed by atoms with Crippen molar-refractivity contribution in [2.24, 2.45) is 5.73 Å². The number of benzene rings is 1. The lowest BCUT2D eigenvalue weighted by Gasteiger charge is -2.37. The van der Waals surface area contributed by atoms with Crippen LogP contribution in [0.3, 0.4) is 0 Å². The van der Waals surface area contributed by atoms with Gasteiger partial charge in [0.15, 0.2) is 0 Å². The fraction of sp³-hybridized carbons (Fsp3) is 0.588. The minimum absolute atomic E-state index is 0. The Morgan fingerprint density at radius 3 is 2.82 bits per heavy atom. The van der Waals surface area contributed by atoms with Crippen molar-refractivity contribution in [1.29, 1.82) is 0 Å². The molecule has 1 aromatic rings. The van der Waals surface area contributed by atoms with Crippen LogP contribution < -0.4 is 10.6 Å². The topological polar surface area (TPSA) is 49.6 Å². The number of anilines is 1.